The van der Waals surface area contributed by atoms with Crippen LogP contribution in [0.3, 0.4) is 0 Å². The molecule has 1 atom stereocenters. The van der Waals surface area contributed by atoms with E-state index >= 15 is 0 Å². The van der Waals surface area contributed by atoms with Crippen LogP contribution in [0, 0.1) is 18.6 Å². The number of hydrogen-bond donors (Lipinski definition) is 1. The molecule has 34 heavy (non-hydrogen) atoms. The van der Waals surface area contributed by atoms with Gasteiger partial charge in [-0.3, -0.25) is 4.90 Å². The SMILES string of the molecule is Cc1nn2c(CN3CCOCC3)cc(Nc3cn(C)cn3)nc2c1[C@@H](C)c1ccc(F)cc1F. The molecule has 0 spiro atoms. The van der Waals surface area contributed by atoms with Crippen LogP contribution in [-0.4, -0.2) is 55.4 Å². The zero-order valence-corrected chi connectivity index (χ0v) is 19.4. The molecule has 0 bridgehead atoms. The molecule has 1 aliphatic rings. The van der Waals surface area contributed by atoms with E-state index in [0.717, 1.165) is 36.1 Å². The number of anilines is 2. The summed E-state index contributed by atoms with van der Waals surface area (Å²) in [5, 5.41) is 8.05. The van der Waals surface area contributed by atoms with E-state index in [0.29, 0.717) is 42.6 Å². The van der Waals surface area contributed by atoms with Crippen LogP contribution in [0.25, 0.3) is 5.65 Å². The molecule has 10 heteroatoms. The van der Waals surface area contributed by atoms with Gasteiger partial charge in [0.2, 0.25) is 0 Å². The second-order valence-corrected chi connectivity index (χ2v) is 8.69. The second-order valence-electron chi connectivity index (χ2n) is 8.69. The van der Waals surface area contributed by atoms with Crippen molar-refractivity contribution in [3.63, 3.8) is 0 Å². The molecule has 8 nitrogen and oxygen atoms in total. The molecular formula is C24H27F2N7O. The predicted octanol–water partition coefficient (Wildman–Crippen LogP) is 3.78. The van der Waals surface area contributed by atoms with E-state index in [1.807, 2.05) is 42.2 Å². The van der Waals surface area contributed by atoms with Gasteiger partial charge in [-0.2, -0.15) is 5.10 Å². The number of imidazole rings is 1. The molecule has 1 saturated heterocycles. The maximum Gasteiger partial charge on any atom is 0.161 e. The fraction of sp³-hybridized carbons (Fsp3) is 0.375. The number of aromatic nitrogens is 5. The maximum atomic E-state index is 14.7. The Labute approximate surface area is 196 Å². The smallest absolute Gasteiger partial charge is 0.161 e. The van der Waals surface area contributed by atoms with Crippen LogP contribution in [0.2, 0.25) is 0 Å². The molecule has 4 aromatic rings. The largest absolute Gasteiger partial charge is 0.379 e. The molecule has 0 aliphatic carbocycles. The molecule has 0 saturated carbocycles. The van der Waals surface area contributed by atoms with E-state index < -0.39 is 11.6 Å². The number of hydrogen-bond acceptors (Lipinski definition) is 6. The maximum absolute atomic E-state index is 14.7. The van der Waals surface area contributed by atoms with Gasteiger partial charge in [0.25, 0.3) is 0 Å². The Balaban J connectivity index is 1.61. The van der Waals surface area contributed by atoms with Crippen molar-refractivity contribution >= 4 is 17.3 Å². The molecule has 1 aromatic carbocycles. The lowest BCUT2D eigenvalue weighted by Crippen LogP contribution is -2.36. The first-order chi connectivity index (χ1) is 16.4. The summed E-state index contributed by atoms with van der Waals surface area (Å²) in [4.78, 5) is 11.5. The highest BCUT2D eigenvalue weighted by Gasteiger charge is 2.24. The van der Waals surface area contributed by atoms with Gasteiger partial charge in [0, 0.05) is 56.5 Å². The molecule has 5 rings (SSSR count). The van der Waals surface area contributed by atoms with Crippen molar-refractivity contribution in [3.05, 3.63) is 70.9 Å². The van der Waals surface area contributed by atoms with Crippen molar-refractivity contribution in [1.82, 2.24) is 29.0 Å². The molecule has 0 unspecified atom stereocenters. The zero-order chi connectivity index (χ0) is 23.8. The summed E-state index contributed by atoms with van der Waals surface area (Å²) in [5.74, 6) is -0.248. The average molecular weight is 468 g/mol. The van der Waals surface area contributed by atoms with Gasteiger partial charge in [0.1, 0.15) is 23.3 Å². The summed E-state index contributed by atoms with van der Waals surface area (Å²) in [6, 6.07) is 5.65. The number of ether oxygens (including phenoxy) is 1. The summed E-state index contributed by atoms with van der Waals surface area (Å²) >= 11 is 0. The van der Waals surface area contributed by atoms with Crippen molar-refractivity contribution < 1.29 is 13.5 Å². The number of halogens is 2. The summed E-state index contributed by atoms with van der Waals surface area (Å²) in [6.45, 7) is 7.50. The number of aryl methyl sites for hydroxylation is 2. The minimum Gasteiger partial charge on any atom is -0.379 e. The first-order valence-electron chi connectivity index (χ1n) is 11.3. The van der Waals surface area contributed by atoms with E-state index in [9.17, 15) is 8.78 Å². The van der Waals surface area contributed by atoms with Gasteiger partial charge in [-0.15, -0.1) is 0 Å². The molecule has 0 radical (unpaired) electrons. The molecule has 4 heterocycles. The predicted molar refractivity (Wildman–Crippen MR) is 124 cm³/mol. The number of morpholine rings is 1. The summed E-state index contributed by atoms with van der Waals surface area (Å²) in [6.07, 6.45) is 3.58. The summed E-state index contributed by atoms with van der Waals surface area (Å²) in [7, 11) is 1.90. The Morgan fingerprint density at radius 3 is 2.65 bits per heavy atom. The van der Waals surface area contributed by atoms with Crippen LogP contribution in [0.4, 0.5) is 20.4 Å². The standard InChI is InChI=1S/C24H27F2N7O/c1-15(19-5-4-17(25)10-20(19)26)23-16(2)30-33-18(12-32-6-8-34-9-7-32)11-21(29-24(23)33)28-22-13-31(3)14-27-22/h4-5,10-11,13-15H,6-9,12H2,1-3H3,(H,28,29)/t15-/m0/s1. The lowest BCUT2D eigenvalue weighted by Gasteiger charge is -2.26. The Morgan fingerprint density at radius 2 is 1.94 bits per heavy atom. The number of benzene rings is 1. The first kappa shape index (κ1) is 22.4. The van der Waals surface area contributed by atoms with Gasteiger partial charge in [0.05, 0.1) is 30.9 Å². The fourth-order valence-electron chi connectivity index (χ4n) is 4.49. The van der Waals surface area contributed by atoms with Crippen LogP contribution in [0.1, 0.15) is 35.4 Å². The molecule has 0 amide bonds. The Hall–Kier alpha value is -3.37. The van der Waals surface area contributed by atoms with E-state index in [1.54, 1.807) is 6.33 Å². The number of rotatable bonds is 6. The molecule has 1 aliphatic heterocycles. The minimum atomic E-state index is -0.599. The molecule has 1 fully saturated rings. The van der Waals surface area contributed by atoms with Gasteiger partial charge in [-0.1, -0.05) is 13.0 Å². The van der Waals surface area contributed by atoms with Crippen molar-refractivity contribution in [2.24, 2.45) is 7.05 Å². The van der Waals surface area contributed by atoms with Crippen molar-refractivity contribution in [1.29, 1.82) is 0 Å². The Bertz CT molecular complexity index is 1330. The van der Waals surface area contributed by atoms with Crippen LogP contribution < -0.4 is 5.32 Å². The van der Waals surface area contributed by atoms with E-state index in [2.05, 4.69) is 15.2 Å². The Kier molecular flexibility index (Phi) is 6.01. The molecular weight excluding hydrogens is 440 g/mol. The monoisotopic (exact) mass is 467 g/mol. The lowest BCUT2D eigenvalue weighted by molar-refractivity contribution is 0.0334. The lowest BCUT2D eigenvalue weighted by atomic mass is 9.92. The Morgan fingerprint density at radius 1 is 1.15 bits per heavy atom. The third kappa shape index (κ3) is 4.38. The van der Waals surface area contributed by atoms with Gasteiger partial charge >= 0.3 is 0 Å². The molecule has 178 valence electrons. The van der Waals surface area contributed by atoms with Gasteiger partial charge < -0.3 is 14.6 Å². The highest BCUT2D eigenvalue weighted by molar-refractivity contribution is 5.61. The first-order valence-corrected chi connectivity index (χ1v) is 11.3. The van der Waals surface area contributed by atoms with Crippen LogP contribution in [-0.2, 0) is 18.3 Å². The van der Waals surface area contributed by atoms with E-state index in [-0.39, 0.29) is 5.92 Å². The summed E-state index contributed by atoms with van der Waals surface area (Å²) in [5.41, 5.74) is 3.55. The van der Waals surface area contributed by atoms with Gasteiger partial charge in [-0.25, -0.2) is 23.3 Å². The molecule has 1 N–H and O–H groups in total. The van der Waals surface area contributed by atoms with E-state index in [1.165, 1.54) is 12.1 Å². The van der Waals surface area contributed by atoms with Crippen molar-refractivity contribution in [2.75, 3.05) is 31.6 Å². The normalized spacial score (nSPS) is 15.7. The van der Waals surface area contributed by atoms with Crippen molar-refractivity contribution in [2.45, 2.75) is 26.3 Å². The topological polar surface area (TPSA) is 72.5 Å². The fourth-order valence-corrected chi connectivity index (χ4v) is 4.49. The molecule has 3 aromatic heterocycles. The minimum absolute atomic E-state index is 0.369. The summed E-state index contributed by atoms with van der Waals surface area (Å²) < 4.78 is 37.4. The van der Waals surface area contributed by atoms with Gasteiger partial charge in [-0.05, 0) is 18.6 Å². The highest BCUT2D eigenvalue weighted by atomic mass is 19.1. The highest BCUT2D eigenvalue weighted by Crippen LogP contribution is 2.33. The van der Waals surface area contributed by atoms with E-state index in [4.69, 9.17) is 14.8 Å². The van der Waals surface area contributed by atoms with Crippen LogP contribution in [0.15, 0.2) is 36.8 Å². The number of nitrogens with zero attached hydrogens (tertiary/aromatic N) is 6. The second kappa shape index (κ2) is 9.11. The van der Waals surface area contributed by atoms with Crippen LogP contribution in [0.5, 0.6) is 0 Å². The average Bonchev–Trinajstić information content (AvgIpc) is 3.36. The van der Waals surface area contributed by atoms with Crippen molar-refractivity contribution in [3.8, 4) is 0 Å². The van der Waals surface area contributed by atoms with Crippen LogP contribution >= 0.6 is 0 Å². The number of nitrogens with one attached hydrogen (secondary N) is 1. The zero-order valence-electron chi connectivity index (χ0n) is 19.4. The third-order valence-electron chi connectivity index (χ3n) is 6.20. The third-order valence-corrected chi connectivity index (χ3v) is 6.20. The van der Waals surface area contributed by atoms with Gasteiger partial charge in [0.15, 0.2) is 5.65 Å². The number of fused-ring (bicyclic) bond motifs is 1. The quantitative estimate of drug-likeness (QED) is 0.465.